The van der Waals surface area contributed by atoms with E-state index in [-0.39, 0.29) is 11.7 Å². The van der Waals surface area contributed by atoms with Crippen LogP contribution >= 0.6 is 0 Å². The van der Waals surface area contributed by atoms with E-state index in [9.17, 15) is 4.79 Å². The number of hydrogen-bond acceptors (Lipinski definition) is 5. The molecule has 1 amide bonds. The maximum atomic E-state index is 11.6. The second-order valence-electron chi connectivity index (χ2n) is 2.61. The van der Waals surface area contributed by atoms with Gasteiger partial charge in [-0.2, -0.15) is 5.21 Å². The molecule has 7 heteroatoms. The van der Waals surface area contributed by atoms with Crippen molar-refractivity contribution in [2.75, 3.05) is 26.8 Å². The molecule has 0 bridgehead atoms. The second kappa shape index (κ2) is 5.28. The minimum atomic E-state index is -0.238. The molecule has 0 aliphatic carbocycles. The number of ether oxygens (including phenoxy) is 1. The number of methoxy groups -OCH3 is 1. The van der Waals surface area contributed by atoms with E-state index >= 15 is 0 Å². The first-order valence-electron chi connectivity index (χ1n) is 4.31. The van der Waals surface area contributed by atoms with Gasteiger partial charge in [-0.05, 0) is 12.1 Å². The minimum absolute atomic E-state index is 0.0861. The van der Waals surface area contributed by atoms with Crippen LogP contribution in [0.3, 0.4) is 0 Å². The van der Waals surface area contributed by atoms with Crippen LogP contribution in [0.2, 0.25) is 0 Å². The molecule has 1 heterocycles. The maximum absolute atomic E-state index is 11.6. The summed E-state index contributed by atoms with van der Waals surface area (Å²) in [6.45, 7) is 3.50. The van der Waals surface area contributed by atoms with Crippen molar-refractivity contribution in [3.05, 3.63) is 5.82 Å². The van der Waals surface area contributed by atoms with Crippen molar-refractivity contribution in [2.24, 2.45) is 0 Å². The van der Waals surface area contributed by atoms with Crippen molar-refractivity contribution in [2.45, 2.75) is 6.92 Å². The lowest BCUT2D eigenvalue weighted by molar-refractivity contribution is 0.0694. The molecule has 1 aromatic heterocycles. The quantitative estimate of drug-likeness (QED) is 0.678. The number of amides is 1. The number of likely N-dealkylation sites (N-methyl/N-ethyl adjacent to an activating group) is 1. The Balaban J connectivity index is 2.56. The monoisotopic (exact) mass is 199 g/mol. The SMILES string of the molecule is CCN(CCOC)C(=O)c1nn[nH]n1. The van der Waals surface area contributed by atoms with Crippen LogP contribution in [-0.4, -0.2) is 58.2 Å². The van der Waals surface area contributed by atoms with Gasteiger partial charge in [-0.3, -0.25) is 4.79 Å². The van der Waals surface area contributed by atoms with Gasteiger partial charge < -0.3 is 9.64 Å². The third kappa shape index (κ3) is 2.49. The highest BCUT2D eigenvalue weighted by Gasteiger charge is 2.17. The van der Waals surface area contributed by atoms with Crippen LogP contribution in [0, 0.1) is 0 Å². The smallest absolute Gasteiger partial charge is 0.295 e. The average molecular weight is 199 g/mol. The van der Waals surface area contributed by atoms with E-state index in [1.807, 2.05) is 6.92 Å². The van der Waals surface area contributed by atoms with Gasteiger partial charge in [-0.1, -0.05) is 0 Å². The van der Waals surface area contributed by atoms with E-state index in [1.165, 1.54) is 0 Å². The van der Waals surface area contributed by atoms with Gasteiger partial charge >= 0.3 is 0 Å². The molecular weight excluding hydrogens is 186 g/mol. The molecule has 0 unspecified atom stereocenters. The molecule has 0 fully saturated rings. The number of carbonyl (C=O) groups is 1. The molecule has 0 saturated carbocycles. The molecule has 1 N–H and O–H groups in total. The third-order valence-electron chi connectivity index (χ3n) is 1.77. The predicted molar refractivity (Wildman–Crippen MR) is 47.6 cm³/mol. The first-order chi connectivity index (χ1) is 6.79. The second-order valence-corrected chi connectivity index (χ2v) is 2.61. The molecule has 0 atom stereocenters. The highest BCUT2D eigenvalue weighted by molar-refractivity contribution is 5.90. The largest absolute Gasteiger partial charge is 0.383 e. The van der Waals surface area contributed by atoms with Crippen LogP contribution < -0.4 is 0 Å². The standard InChI is InChI=1S/C7H13N5O2/c1-3-12(4-5-14-2)7(13)6-8-10-11-9-6/h3-5H2,1-2H3,(H,8,9,10,11). The zero-order chi connectivity index (χ0) is 10.4. The summed E-state index contributed by atoms with van der Waals surface area (Å²) in [4.78, 5) is 13.2. The molecule has 14 heavy (non-hydrogen) atoms. The fraction of sp³-hybridized carbons (Fsp3) is 0.714. The average Bonchev–Trinajstić information content (AvgIpc) is 2.71. The van der Waals surface area contributed by atoms with Crippen molar-refractivity contribution in [1.82, 2.24) is 25.5 Å². The molecule has 7 nitrogen and oxygen atoms in total. The Morgan fingerprint density at radius 2 is 2.43 bits per heavy atom. The first kappa shape index (κ1) is 10.6. The van der Waals surface area contributed by atoms with Gasteiger partial charge in [0.25, 0.3) is 11.7 Å². The predicted octanol–water partition coefficient (Wildman–Crippen LogP) is -0.692. The number of H-pyrrole nitrogens is 1. The summed E-state index contributed by atoms with van der Waals surface area (Å²) < 4.78 is 4.88. The topological polar surface area (TPSA) is 84.0 Å². The first-order valence-corrected chi connectivity index (χ1v) is 4.31. The van der Waals surface area contributed by atoms with E-state index < -0.39 is 0 Å². The zero-order valence-corrected chi connectivity index (χ0v) is 8.23. The summed E-state index contributed by atoms with van der Waals surface area (Å²) in [5, 5.41) is 12.8. The number of carbonyl (C=O) groups excluding carboxylic acids is 1. The lowest BCUT2D eigenvalue weighted by atomic mass is 10.4. The lowest BCUT2D eigenvalue weighted by Gasteiger charge is -2.17. The molecule has 0 radical (unpaired) electrons. The minimum Gasteiger partial charge on any atom is -0.383 e. The number of tetrazole rings is 1. The molecule has 0 aromatic carbocycles. The van der Waals surface area contributed by atoms with Crippen molar-refractivity contribution >= 4 is 5.91 Å². The highest BCUT2D eigenvalue weighted by Crippen LogP contribution is 1.96. The molecule has 0 aliphatic heterocycles. The Bertz CT molecular complexity index is 274. The summed E-state index contributed by atoms with van der Waals surface area (Å²) in [6.07, 6.45) is 0. The van der Waals surface area contributed by atoms with Gasteiger partial charge in [-0.15, -0.1) is 10.2 Å². The summed E-state index contributed by atoms with van der Waals surface area (Å²) in [5.41, 5.74) is 0. The fourth-order valence-electron chi connectivity index (χ4n) is 0.999. The summed E-state index contributed by atoms with van der Waals surface area (Å²) >= 11 is 0. The number of nitrogens with one attached hydrogen (secondary N) is 1. The van der Waals surface area contributed by atoms with Crippen molar-refractivity contribution < 1.29 is 9.53 Å². The van der Waals surface area contributed by atoms with Crippen LogP contribution in [0.1, 0.15) is 17.5 Å². The van der Waals surface area contributed by atoms with Gasteiger partial charge in [0, 0.05) is 20.2 Å². The zero-order valence-electron chi connectivity index (χ0n) is 8.23. The van der Waals surface area contributed by atoms with Gasteiger partial charge in [0.05, 0.1) is 6.61 Å². The molecule has 1 rings (SSSR count). The number of hydrogen-bond donors (Lipinski definition) is 1. The summed E-state index contributed by atoms with van der Waals surface area (Å²) in [5.74, 6) is -0.152. The number of aromatic amines is 1. The fourth-order valence-corrected chi connectivity index (χ4v) is 0.999. The molecule has 0 spiro atoms. The van der Waals surface area contributed by atoms with Gasteiger partial charge in [0.2, 0.25) is 0 Å². The van der Waals surface area contributed by atoms with E-state index in [4.69, 9.17) is 4.74 Å². The Morgan fingerprint density at radius 3 is 2.93 bits per heavy atom. The highest BCUT2D eigenvalue weighted by atomic mass is 16.5. The van der Waals surface area contributed by atoms with Crippen molar-refractivity contribution in [3.8, 4) is 0 Å². The van der Waals surface area contributed by atoms with Gasteiger partial charge in [0.1, 0.15) is 0 Å². The van der Waals surface area contributed by atoms with Gasteiger partial charge in [-0.25, -0.2) is 0 Å². The van der Waals surface area contributed by atoms with Crippen LogP contribution in [0.5, 0.6) is 0 Å². The van der Waals surface area contributed by atoms with E-state index in [0.29, 0.717) is 19.7 Å². The van der Waals surface area contributed by atoms with Gasteiger partial charge in [0.15, 0.2) is 0 Å². The third-order valence-corrected chi connectivity index (χ3v) is 1.77. The Kier molecular flexibility index (Phi) is 3.99. The van der Waals surface area contributed by atoms with Crippen LogP contribution in [0.25, 0.3) is 0 Å². The van der Waals surface area contributed by atoms with Crippen molar-refractivity contribution in [1.29, 1.82) is 0 Å². The van der Waals surface area contributed by atoms with Crippen LogP contribution in [-0.2, 0) is 4.74 Å². The molecule has 78 valence electrons. The molecular formula is C7H13N5O2. The lowest BCUT2D eigenvalue weighted by Crippen LogP contribution is -2.34. The van der Waals surface area contributed by atoms with Crippen molar-refractivity contribution in [3.63, 3.8) is 0 Å². The van der Waals surface area contributed by atoms with E-state index in [2.05, 4.69) is 20.6 Å². The maximum Gasteiger partial charge on any atom is 0.295 e. The molecule has 0 saturated heterocycles. The van der Waals surface area contributed by atoms with E-state index in [0.717, 1.165) is 0 Å². The number of rotatable bonds is 5. The Hall–Kier alpha value is -1.50. The summed E-state index contributed by atoms with van der Waals surface area (Å²) in [7, 11) is 1.59. The molecule has 0 aliphatic rings. The number of aromatic nitrogens is 4. The van der Waals surface area contributed by atoms with E-state index in [1.54, 1.807) is 12.0 Å². The molecule has 1 aromatic rings. The Labute approximate surface area is 81.4 Å². The van der Waals surface area contributed by atoms with Crippen LogP contribution in [0.4, 0.5) is 0 Å². The number of nitrogens with zero attached hydrogens (tertiary/aromatic N) is 4. The normalized spacial score (nSPS) is 10.1. The Morgan fingerprint density at radius 1 is 1.64 bits per heavy atom. The summed E-state index contributed by atoms with van der Waals surface area (Å²) in [6, 6.07) is 0. The van der Waals surface area contributed by atoms with Crippen LogP contribution in [0.15, 0.2) is 0 Å².